The molecule has 0 amide bonds. The number of nitrogen functional groups attached to an aromatic ring is 1. The number of thioether (sulfide) groups is 1. The average molecular weight is 346 g/mol. The van der Waals surface area contributed by atoms with E-state index in [0.717, 1.165) is 28.7 Å². The summed E-state index contributed by atoms with van der Waals surface area (Å²) in [4.78, 5) is 9.11. The van der Waals surface area contributed by atoms with Gasteiger partial charge in [0, 0.05) is 41.8 Å². The van der Waals surface area contributed by atoms with Crippen LogP contribution in [-0.4, -0.2) is 30.2 Å². The summed E-state index contributed by atoms with van der Waals surface area (Å²) in [7, 11) is 0. The van der Waals surface area contributed by atoms with Crippen molar-refractivity contribution in [3.63, 3.8) is 0 Å². The number of dihydropyridines is 1. The highest BCUT2D eigenvalue weighted by molar-refractivity contribution is 8.13. The van der Waals surface area contributed by atoms with Crippen molar-refractivity contribution < 1.29 is 0 Å². The van der Waals surface area contributed by atoms with E-state index in [9.17, 15) is 0 Å². The minimum absolute atomic E-state index is 0.0843. The molecule has 0 fully saturated rings. The van der Waals surface area contributed by atoms with Crippen molar-refractivity contribution >= 4 is 46.1 Å². The van der Waals surface area contributed by atoms with E-state index in [-0.39, 0.29) is 12.0 Å². The summed E-state index contributed by atoms with van der Waals surface area (Å²) in [6.45, 7) is 0.828. The first-order valence-electron chi connectivity index (χ1n) is 7.32. The molecule has 118 valence electrons. The van der Waals surface area contributed by atoms with Crippen LogP contribution in [0.3, 0.4) is 0 Å². The molecular formula is C16H16ClN5S. The maximum atomic E-state index is 6.30. The third-order valence-corrected chi connectivity index (χ3v) is 5.22. The van der Waals surface area contributed by atoms with Crippen molar-refractivity contribution in [2.24, 2.45) is 9.98 Å². The lowest BCUT2D eigenvalue weighted by Crippen LogP contribution is -2.30. The number of halogens is 1. The molecular weight excluding hydrogens is 330 g/mol. The molecule has 7 heteroatoms. The highest BCUT2D eigenvalue weighted by Crippen LogP contribution is 2.42. The summed E-state index contributed by atoms with van der Waals surface area (Å²) in [5, 5.41) is 7.95. The lowest BCUT2D eigenvalue weighted by atomic mass is 9.85. The molecule has 0 saturated carbocycles. The molecule has 3 aliphatic rings. The van der Waals surface area contributed by atoms with Crippen LogP contribution in [-0.2, 0) is 0 Å². The maximum absolute atomic E-state index is 6.30. The van der Waals surface area contributed by atoms with Crippen LogP contribution in [0.2, 0.25) is 0 Å². The van der Waals surface area contributed by atoms with Crippen LogP contribution in [0.4, 0.5) is 11.4 Å². The highest BCUT2D eigenvalue weighted by Gasteiger charge is 2.35. The Labute approximate surface area is 143 Å². The first kappa shape index (κ1) is 14.7. The fourth-order valence-electron chi connectivity index (χ4n) is 3.20. The highest BCUT2D eigenvalue weighted by atomic mass is 35.5. The van der Waals surface area contributed by atoms with Gasteiger partial charge in [-0.1, -0.05) is 29.4 Å². The molecule has 0 aromatic heterocycles. The topological polar surface area (TPSA) is 74.8 Å². The number of fused-ring (bicyclic) bond motifs is 2. The first-order chi connectivity index (χ1) is 11.2. The number of anilines is 2. The van der Waals surface area contributed by atoms with E-state index >= 15 is 0 Å². The number of hydrogen-bond acceptors (Lipinski definition) is 6. The second-order valence-electron chi connectivity index (χ2n) is 5.61. The number of rotatable bonds is 1. The number of nitrogens with two attached hydrogens (primary N) is 1. The van der Waals surface area contributed by atoms with E-state index in [1.54, 1.807) is 11.8 Å². The molecule has 1 aromatic carbocycles. The monoisotopic (exact) mass is 345 g/mol. The van der Waals surface area contributed by atoms with Gasteiger partial charge in [-0.2, -0.15) is 0 Å². The first-order valence-corrected chi connectivity index (χ1v) is 8.93. The number of benzene rings is 1. The Kier molecular flexibility index (Phi) is 3.58. The lowest BCUT2D eigenvalue weighted by molar-refractivity contribution is 0.741. The molecule has 3 heterocycles. The Balaban J connectivity index is 1.74. The third kappa shape index (κ3) is 2.42. The zero-order valence-electron chi connectivity index (χ0n) is 12.5. The Bertz CT molecular complexity index is 796. The Morgan fingerprint density at radius 2 is 2.26 bits per heavy atom. The van der Waals surface area contributed by atoms with Gasteiger partial charge in [-0.25, -0.2) is 9.98 Å². The number of hydrogen-bond donors (Lipinski definition) is 3. The second-order valence-corrected chi connectivity index (χ2v) is 6.77. The Morgan fingerprint density at radius 3 is 3.09 bits per heavy atom. The van der Waals surface area contributed by atoms with Crippen molar-refractivity contribution in [3.05, 3.63) is 46.3 Å². The summed E-state index contributed by atoms with van der Waals surface area (Å²) in [5.41, 5.74) is 11.1. The quantitative estimate of drug-likeness (QED) is 0.540. The molecule has 0 bridgehead atoms. The van der Waals surface area contributed by atoms with Crippen molar-refractivity contribution in [2.75, 3.05) is 23.9 Å². The summed E-state index contributed by atoms with van der Waals surface area (Å²) in [6, 6.07) is 5.93. The van der Waals surface area contributed by atoms with Gasteiger partial charge in [-0.3, -0.25) is 0 Å². The van der Waals surface area contributed by atoms with Crippen molar-refractivity contribution in [2.45, 2.75) is 12.0 Å². The van der Waals surface area contributed by atoms with Crippen molar-refractivity contribution in [1.29, 1.82) is 0 Å². The van der Waals surface area contributed by atoms with Gasteiger partial charge >= 0.3 is 0 Å². The molecule has 3 aliphatic heterocycles. The van der Waals surface area contributed by atoms with Gasteiger partial charge in [0.1, 0.15) is 11.2 Å². The average Bonchev–Trinajstić information content (AvgIpc) is 2.97. The number of amidine groups is 1. The molecule has 0 radical (unpaired) electrons. The standard InChI is InChI=1S/C16H16ClN5S/c1-23-16-21-7-12-14(22-16)11(6-20-15(12)17)10-5-19-13-4-8(18)2-3-9(10)13/h2-4,6-7,10,14,19-20H,5,18H2,1H3. The van der Waals surface area contributed by atoms with Crippen LogP contribution in [0.5, 0.6) is 0 Å². The van der Waals surface area contributed by atoms with Gasteiger partial charge < -0.3 is 16.4 Å². The van der Waals surface area contributed by atoms with Gasteiger partial charge in [0.2, 0.25) is 0 Å². The fraction of sp³-hybridized carbons (Fsp3) is 0.250. The van der Waals surface area contributed by atoms with Gasteiger partial charge in [0.15, 0.2) is 5.17 Å². The van der Waals surface area contributed by atoms with Gasteiger partial charge in [0.05, 0.1) is 0 Å². The molecule has 23 heavy (non-hydrogen) atoms. The number of nitrogens with one attached hydrogen (secondary N) is 2. The predicted molar refractivity (Wildman–Crippen MR) is 99.4 cm³/mol. The smallest absolute Gasteiger partial charge is 0.183 e. The summed E-state index contributed by atoms with van der Waals surface area (Å²) in [5.74, 6) is 0.237. The van der Waals surface area contributed by atoms with E-state index < -0.39 is 0 Å². The molecule has 4 rings (SSSR count). The molecule has 2 atom stereocenters. The zero-order valence-corrected chi connectivity index (χ0v) is 14.1. The lowest BCUT2D eigenvalue weighted by Gasteiger charge is -2.29. The van der Waals surface area contributed by atoms with Gasteiger partial charge in [-0.15, -0.1) is 0 Å². The maximum Gasteiger partial charge on any atom is 0.183 e. The summed E-state index contributed by atoms with van der Waals surface area (Å²) < 4.78 is 0. The minimum atomic E-state index is -0.0843. The fourth-order valence-corrected chi connectivity index (χ4v) is 3.77. The third-order valence-electron chi connectivity index (χ3n) is 4.32. The van der Waals surface area contributed by atoms with E-state index in [0.29, 0.717) is 5.16 Å². The molecule has 0 saturated heterocycles. The molecule has 1 aromatic rings. The Morgan fingerprint density at radius 1 is 1.39 bits per heavy atom. The van der Waals surface area contributed by atoms with E-state index in [1.165, 1.54) is 11.1 Å². The van der Waals surface area contributed by atoms with E-state index in [1.807, 2.05) is 30.8 Å². The van der Waals surface area contributed by atoms with Gasteiger partial charge in [0.25, 0.3) is 0 Å². The van der Waals surface area contributed by atoms with E-state index in [4.69, 9.17) is 22.3 Å². The van der Waals surface area contributed by atoms with Crippen LogP contribution in [0.1, 0.15) is 11.5 Å². The molecule has 5 nitrogen and oxygen atoms in total. The minimum Gasteiger partial charge on any atom is -0.399 e. The number of aliphatic imine (C=N–C) groups is 2. The molecule has 0 aliphatic carbocycles. The normalized spacial score (nSPS) is 25.1. The van der Waals surface area contributed by atoms with Crippen molar-refractivity contribution in [1.82, 2.24) is 5.32 Å². The van der Waals surface area contributed by atoms with Crippen LogP contribution in [0, 0.1) is 0 Å². The second kappa shape index (κ2) is 5.62. The summed E-state index contributed by atoms with van der Waals surface area (Å²) in [6.07, 6.45) is 5.78. The van der Waals surface area contributed by atoms with Crippen molar-refractivity contribution in [3.8, 4) is 0 Å². The van der Waals surface area contributed by atoms with Gasteiger partial charge in [-0.05, 0) is 29.5 Å². The van der Waals surface area contributed by atoms with Crippen LogP contribution < -0.4 is 16.4 Å². The molecule has 0 spiro atoms. The largest absolute Gasteiger partial charge is 0.399 e. The van der Waals surface area contributed by atoms with Crippen LogP contribution >= 0.6 is 23.4 Å². The van der Waals surface area contributed by atoms with Crippen LogP contribution in [0.25, 0.3) is 0 Å². The Hall–Kier alpha value is -1.92. The summed E-state index contributed by atoms with van der Waals surface area (Å²) >= 11 is 7.84. The van der Waals surface area contributed by atoms with E-state index in [2.05, 4.69) is 21.7 Å². The SMILES string of the molecule is CSC1=NC2C(C3CNc4cc(N)ccc43)=CNC(Cl)=C2C=N1. The molecule has 4 N–H and O–H groups in total. The predicted octanol–water partition coefficient (Wildman–Crippen LogP) is 2.89. The number of nitrogens with zero attached hydrogens (tertiary/aromatic N) is 2. The van der Waals surface area contributed by atoms with Crippen LogP contribution in [0.15, 0.2) is 50.7 Å². The molecule has 2 unspecified atom stereocenters. The zero-order chi connectivity index (χ0) is 16.0.